The third-order valence-corrected chi connectivity index (χ3v) is 18.9. The van der Waals surface area contributed by atoms with Crippen LogP contribution < -0.4 is 26.6 Å². The fourth-order valence-corrected chi connectivity index (χ4v) is 15.6. The summed E-state index contributed by atoms with van der Waals surface area (Å²) in [5, 5.41) is 44.0. The van der Waals surface area contributed by atoms with Gasteiger partial charge in [-0.1, -0.05) is 80.5 Å². The van der Waals surface area contributed by atoms with Crippen LogP contribution in [0.4, 0.5) is 0 Å². The number of aliphatic hydroxyl groups excluding tert-OH is 1. The van der Waals surface area contributed by atoms with E-state index in [2.05, 4.69) is 80.1 Å². The van der Waals surface area contributed by atoms with Gasteiger partial charge in [0.15, 0.2) is 0 Å². The van der Waals surface area contributed by atoms with Gasteiger partial charge in [0.1, 0.15) is 23.8 Å². The van der Waals surface area contributed by atoms with E-state index in [1.807, 2.05) is 12.4 Å². The molecule has 16 heteroatoms. The molecule has 2 saturated carbocycles. The van der Waals surface area contributed by atoms with Crippen LogP contribution in [0.2, 0.25) is 0 Å². The molecular formula is C55H72N6O9S. The van der Waals surface area contributed by atoms with Crippen LogP contribution in [0.15, 0.2) is 77.3 Å². The molecular weight excluding hydrogens is 921 g/mol. The number of allylic oxidation sites excluding steroid dienone is 2. The van der Waals surface area contributed by atoms with Gasteiger partial charge >= 0.3 is 17.9 Å². The van der Waals surface area contributed by atoms with Gasteiger partial charge in [0.25, 0.3) is 0 Å². The zero-order valence-corrected chi connectivity index (χ0v) is 41.8. The number of carbonyl (C=O) groups is 5. The molecule has 5 aliphatic carbocycles. The highest BCUT2D eigenvalue weighted by molar-refractivity contribution is 8.00. The molecule has 7 aliphatic rings. The standard InChI is InChI=1S/C55H72N6O9S/c1-56-32-59-40(51(65)66)14-15-42(62)60-41(49(63)61-50(64)52(67)68)31-71-48-47-44-39(54(19-4-5-20-54)21-6-7-22-55(48)23-8-9-24-55)30-37(28-33-16-25-57-26-17-33)43(45(44)53(69)70-47)46-38-29-36-11-3-2-10-34(36)12-13-35(38)18-27-58-46/h2-3,10-13,16-17,25-26,35,38-41,45-46,48,50,56,58-59,64H,4-9,14-15,18-24,27-32H2,1H3,(H,60,62)(H,61,63)(H,65,66)(H,67,68). The lowest BCUT2D eigenvalue weighted by Crippen LogP contribution is -2.53. The minimum atomic E-state index is -2.21. The number of benzene rings is 1. The molecule has 382 valence electrons. The lowest BCUT2D eigenvalue weighted by molar-refractivity contribution is -0.151. The number of aromatic nitrogens is 1. The maximum atomic E-state index is 15.6. The van der Waals surface area contributed by atoms with E-state index in [1.54, 1.807) is 7.05 Å². The topological polar surface area (TPSA) is 228 Å². The van der Waals surface area contributed by atoms with Gasteiger partial charge in [0.05, 0.1) is 5.25 Å². The second-order valence-corrected chi connectivity index (χ2v) is 22.6. The highest BCUT2D eigenvalue weighted by Crippen LogP contribution is 2.64. The Morgan fingerprint density at radius 2 is 1.56 bits per heavy atom. The number of carbonyl (C=O) groups excluding carboxylic acids is 3. The van der Waals surface area contributed by atoms with Crippen LogP contribution >= 0.6 is 11.8 Å². The minimum Gasteiger partial charge on any atom is -0.480 e. The molecule has 1 aromatic carbocycles. The van der Waals surface area contributed by atoms with Crippen molar-refractivity contribution in [1.82, 2.24) is 31.6 Å². The summed E-state index contributed by atoms with van der Waals surface area (Å²) in [7, 11) is 1.67. The van der Waals surface area contributed by atoms with Crippen molar-refractivity contribution in [1.29, 1.82) is 0 Å². The van der Waals surface area contributed by atoms with Crippen molar-refractivity contribution < 1.29 is 44.0 Å². The Hall–Kier alpha value is -4.87. The van der Waals surface area contributed by atoms with Crippen LogP contribution in [-0.4, -0.2) is 106 Å². The predicted octanol–water partition coefficient (Wildman–Crippen LogP) is 6.03. The Kier molecular flexibility index (Phi) is 16.2. The summed E-state index contributed by atoms with van der Waals surface area (Å²) in [4.78, 5) is 71.5. The van der Waals surface area contributed by atoms with E-state index in [0.717, 1.165) is 125 Å². The predicted molar refractivity (Wildman–Crippen MR) is 270 cm³/mol. The van der Waals surface area contributed by atoms with E-state index in [-0.39, 0.29) is 65.2 Å². The van der Waals surface area contributed by atoms with E-state index in [9.17, 15) is 34.5 Å². The number of rotatable bonds is 17. The van der Waals surface area contributed by atoms with Gasteiger partial charge < -0.3 is 41.3 Å². The van der Waals surface area contributed by atoms with E-state index in [4.69, 9.17) is 4.74 Å². The molecule has 9 atom stereocenters. The van der Waals surface area contributed by atoms with Gasteiger partial charge in [-0.15, -0.1) is 11.8 Å². The van der Waals surface area contributed by atoms with Crippen LogP contribution in [-0.2, 0) is 41.6 Å². The molecule has 2 aromatic rings. The average Bonchev–Trinajstić information content (AvgIpc) is 4.10. The van der Waals surface area contributed by atoms with Crippen molar-refractivity contribution in [3.63, 3.8) is 0 Å². The Morgan fingerprint density at radius 1 is 0.873 bits per heavy atom. The first kappa shape index (κ1) is 51.0. The second kappa shape index (κ2) is 22.5. The van der Waals surface area contributed by atoms with Crippen LogP contribution in [0.25, 0.3) is 6.08 Å². The third-order valence-electron chi connectivity index (χ3n) is 17.4. The van der Waals surface area contributed by atoms with Crippen LogP contribution in [0.1, 0.15) is 119 Å². The van der Waals surface area contributed by atoms with Crippen molar-refractivity contribution in [2.45, 2.75) is 145 Å². The number of amides is 2. The van der Waals surface area contributed by atoms with Gasteiger partial charge in [-0.05, 0) is 153 Å². The summed E-state index contributed by atoms with van der Waals surface area (Å²) >= 11 is 1.49. The van der Waals surface area contributed by atoms with Crippen molar-refractivity contribution in [3.8, 4) is 0 Å². The molecule has 0 radical (unpaired) electrons. The SMILES string of the molecule is CNCNC(CCC(=O)NC(CSC1C2=C3C(C(=O)O2)C(C2NCCC4C=Cc5ccccc5CC42)=C(Cc2ccncc2)CC3C2(CCCC2)CCCCC12CCCC2)C(=O)NC(O)C(=O)O)C(=O)O. The van der Waals surface area contributed by atoms with Crippen molar-refractivity contribution in [3.05, 3.63) is 94.0 Å². The van der Waals surface area contributed by atoms with Crippen molar-refractivity contribution in [2.75, 3.05) is 26.0 Å². The molecule has 15 nitrogen and oxygen atoms in total. The monoisotopic (exact) mass is 993 g/mol. The largest absolute Gasteiger partial charge is 0.480 e. The van der Waals surface area contributed by atoms with Crippen LogP contribution in [0, 0.1) is 34.5 Å². The zero-order valence-electron chi connectivity index (χ0n) is 41.0. The molecule has 9 rings (SSSR count). The highest BCUT2D eigenvalue weighted by Gasteiger charge is 2.59. The van der Waals surface area contributed by atoms with E-state index >= 15 is 4.79 Å². The first-order valence-corrected chi connectivity index (χ1v) is 27.2. The van der Waals surface area contributed by atoms with Crippen LogP contribution in [0.5, 0.6) is 0 Å². The molecule has 8 N–H and O–H groups in total. The smallest absolute Gasteiger partial charge is 0.353 e. The molecule has 71 heavy (non-hydrogen) atoms. The Morgan fingerprint density at radius 3 is 2.24 bits per heavy atom. The number of nitrogens with zero attached hydrogens (tertiary/aromatic N) is 1. The number of esters is 1. The Labute approximate surface area is 421 Å². The number of aliphatic hydroxyl groups is 1. The van der Waals surface area contributed by atoms with E-state index in [0.29, 0.717) is 12.3 Å². The first-order valence-electron chi connectivity index (χ1n) is 26.2. The minimum absolute atomic E-state index is 0.0127. The summed E-state index contributed by atoms with van der Waals surface area (Å²) in [6.45, 7) is 1.02. The summed E-state index contributed by atoms with van der Waals surface area (Å²) in [5.41, 5.74) is 6.99. The Bertz CT molecular complexity index is 2400. The number of hydrogen-bond donors (Lipinski definition) is 8. The third kappa shape index (κ3) is 10.9. The number of pyridine rings is 1. The number of ether oxygens (including phenoxy) is 1. The number of carboxylic acid groups (broad SMARTS) is 2. The average molecular weight is 993 g/mol. The normalized spacial score (nSPS) is 27.7. The molecule has 0 bridgehead atoms. The van der Waals surface area contributed by atoms with Gasteiger partial charge in [-0.25, -0.2) is 4.79 Å². The number of hydrogen-bond acceptors (Lipinski definition) is 12. The summed E-state index contributed by atoms with van der Waals surface area (Å²) in [6.07, 6.45) is 21.6. The maximum absolute atomic E-state index is 15.6. The van der Waals surface area contributed by atoms with E-state index in [1.165, 1.54) is 28.5 Å². The molecule has 2 aliphatic heterocycles. The van der Waals surface area contributed by atoms with Crippen LogP contribution in [0.3, 0.4) is 0 Å². The summed E-state index contributed by atoms with van der Waals surface area (Å²) in [5.74, 6) is -3.83. The number of aliphatic carboxylic acids is 2. The highest BCUT2D eigenvalue weighted by atomic mass is 32.2. The summed E-state index contributed by atoms with van der Waals surface area (Å²) < 4.78 is 7.00. The van der Waals surface area contributed by atoms with Gasteiger partial charge in [0.2, 0.25) is 18.0 Å². The number of fused-ring (bicyclic) bond motifs is 3. The van der Waals surface area contributed by atoms with Gasteiger partial charge in [-0.3, -0.25) is 29.5 Å². The maximum Gasteiger partial charge on any atom is 0.353 e. The number of piperidine rings is 1. The lowest BCUT2D eigenvalue weighted by Gasteiger charge is -2.49. The van der Waals surface area contributed by atoms with Gasteiger partial charge in [-0.2, -0.15) is 0 Å². The van der Waals surface area contributed by atoms with Crippen molar-refractivity contribution >= 4 is 47.6 Å². The number of nitrogens with one attached hydrogen (secondary N) is 5. The fraction of sp³-hybridized carbons (Fsp3) is 0.600. The lowest BCUT2D eigenvalue weighted by atomic mass is 9.56. The molecule has 2 amide bonds. The fourth-order valence-electron chi connectivity index (χ4n) is 14.0. The number of thioether (sulfide) groups is 1. The number of carboxylic acids is 2. The van der Waals surface area contributed by atoms with Gasteiger partial charge in [0, 0.05) is 37.3 Å². The molecule has 3 fully saturated rings. The van der Waals surface area contributed by atoms with Crippen molar-refractivity contribution in [2.24, 2.45) is 34.5 Å². The Balaban J connectivity index is 1.15. The van der Waals surface area contributed by atoms with E-state index < -0.39 is 48.0 Å². The first-order chi connectivity index (χ1) is 34.4. The second-order valence-electron chi connectivity index (χ2n) is 21.4. The molecule has 9 unspecified atom stereocenters. The summed E-state index contributed by atoms with van der Waals surface area (Å²) in [6, 6.07) is 10.4. The zero-order chi connectivity index (χ0) is 49.7. The molecule has 1 aromatic heterocycles. The molecule has 2 spiro atoms. The quantitative estimate of drug-likeness (QED) is 0.0515. The molecule has 1 saturated heterocycles. The molecule has 3 heterocycles.